The molecule has 0 aromatic heterocycles. The van der Waals surface area contributed by atoms with Crippen molar-refractivity contribution in [3.8, 4) is 6.07 Å². The molecule has 0 aromatic carbocycles. The van der Waals surface area contributed by atoms with Crippen LogP contribution in [-0.2, 0) is 4.79 Å². The molecule has 1 fully saturated rings. The lowest BCUT2D eigenvalue weighted by Gasteiger charge is -2.16. The van der Waals surface area contributed by atoms with Crippen molar-refractivity contribution in [3.63, 3.8) is 0 Å². The number of rotatable bonds is 3. The molecule has 0 bridgehead atoms. The molecule has 1 amide bonds. The topological polar surface area (TPSA) is 44.1 Å². The normalized spacial score (nSPS) is 15.6. The zero-order valence-corrected chi connectivity index (χ0v) is 6.71. The lowest BCUT2D eigenvalue weighted by Crippen LogP contribution is -2.32. The second-order valence-electron chi connectivity index (χ2n) is 2.78. The lowest BCUT2D eigenvalue weighted by molar-refractivity contribution is -0.131. The SMILES string of the molecule is CCN(CC#N)C(=O)C1CC1. The average Bonchev–Trinajstić information content (AvgIpc) is 2.81. The van der Waals surface area contributed by atoms with Gasteiger partial charge in [-0.25, -0.2) is 0 Å². The van der Waals surface area contributed by atoms with Crippen molar-refractivity contribution in [1.29, 1.82) is 5.26 Å². The molecule has 1 saturated carbocycles. The average molecular weight is 152 g/mol. The molecule has 0 N–H and O–H groups in total. The number of carbonyl (C=O) groups excluding carboxylic acids is 1. The van der Waals surface area contributed by atoms with Gasteiger partial charge < -0.3 is 4.90 Å². The molecule has 60 valence electrons. The highest BCUT2D eigenvalue weighted by Gasteiger charge is 2.32. The Kier molecular flexibility index (Phi) is 2.48. The van der Waals surface area contributed by atoms with Gasteiger partial charge in [0.1, 0.15) is 6.54 Å². The molecule has 3 heteroatoms. The maximum absolute atomic E-state index is 11.3. The van der Waals surface area contributed by atoms with E-state index in [4.69, 9.17) is 5.26 Å². The number of carbonyl (C=O) groups is 1. The highest BCUT2D eigenvalue weighted by atomic mass is 16.2. The van der Waals surface area contributed by atoms with Crippen LogP contribution in [0.3, 0.4) is 0 Å². The highest BCUT2D eigenvalue weighted by Crippen LogP contribution is 2.30. The van der Waals surface area contributed by atoms with Crippen LogP contribution >= 0.6 is 0 Å². The Morgan fingerprint density at radius 1 is 1.73 bits per heavy atom. The molecule has 0 spiro atoms. The van der Waals surface area contributed by atoms with E-state index in [0.717, 1.165) is 12.8 Å². The molecule has 11 heavy (non-hydrogen) atoms. The van der Waals surface area contributed by atoms with Crippen molar-refractivity contribution in [2.24, 2.45) is 5.92 Å². The lowest BCUT2D eigenvalue weighted by atomic mass is 10.3. The van der Waals surface area contributed by atoms with E-state index < -0.39 is 0 Å². The van der Waals surface area contributed by atoms with Crippen molar-refractivity contribution in [3.05, 3.63) is 0 Å². The van der Waals surface area contributed by atoms with Gasteiger partial charge in [-0.2, -0.15) is 5.26 Å². The molecule has 0 aliphatic heterocycles. The third-order valence-corrected chi connectivity index (χ3v) is 1.88. The first-order chi connectivity index (χ1) is 5.29. The summed E-state index contributed by atoms with van der Waals surface area (Å²) in [6, 6.07) is 1.99. The minimum absolute atomic E-state index is 0.161. The number of amides is 1. The van der Waals surface area contributed by atoms with Gasteiger partial charge >= 0.3 is 0 Å². The molecule has 3 nitrogen and oxygen atoms in total. The van der Waals surface area contributed by atoms with Crippen LogP contribution in [0.15, 0.2) is 0 Å². The summed E-state index contributed by atoms with van der Waals surface area (Å²) in [6.45, 7) is 2.80. The van der Waals surface area contributed by atoms with Crippen molar-refractivity contribution in [2.75, 3.05) is 13.1 Å². The maximum atomic E-state index is 11.3. The van der Waals surface area contributed by atoms with E-state index in [1.807, 2.05) is 13.0 Å². The quantitative estimate of drug-likeness (QED) is 0.560. The predicted molar refractivity (Wildman–Crippen MR) is 40.6 cm³/mol. The zero-order valence-electron chi connectivity index (χ0n) is 6.71. The molecule has 1 aliphatic rings. The fourth-order valence-corrected chi connectivity index (χ4v) is 1.02. The minimum atomic E-state index is 0.161. The maximum Gasteiger partial charge on any atom is 0.226 e. The van der Waals surface area contributed by atoms with Gasteiger partial charge in [0.15, 0.2) is 0 Å². The van der Waals surface area contributed by atoms with Gasteiger partial charge in [-0.1, -0.05) is 0 Å². The van der Waals surface area contributed by atoms with Crippen LogP contribution in [0, 0.1) is 17.2 Å². The highest BCUT2D eigenvalue weighted by molar-refractivity contribution is 5.81. The van der Waals surface area contributed by atoms with E-state index in [1.165, 1.54) is 0 Å². The van der Waals surface area contributed by atoms with Crippen LogP contribution in [0.5, 0.6) is 0 Å². The van der Waals surface area contributed by atoms with Crippen LogP contribution in [-0.4, -0.2) is 23.9 Å². The molecular weight excluding hydrogens is 140 g/mol. The molecule has 0 radical (unpaired) electrons. The number of nitriles is 1. The molecular formula is C8H12N2O. The van der Waals surface area contributed by atoms with Gasteiger partial charge in [0.2, 0.25) is 5.91 Å². The van der Waals surface area contributed by atoms with Crippen LogP contribution in [0.2, 0.25) is 0 Å². The summed E-state index contributed by atoms with van der Waals surface area (Å²) in [4.78, 5) is 12.9. The summed E-state index contributed by atoms with van der Waals surface area (Å²) in [6.07, 6.45) is 2.03. The van der Waals surface area contributed by atoms with Crippen LogP contribution in [0.4, 0.5) is 0 Å². The fraction of sp³-hybridized carbons (Fsp3) is 0.750. The Morgan fingerprint density at radius 3 is 2.73 bits per heavy atom. The van der Waals surface area contributed by atoms with Crippen molar-refractivity contribution in [2.45, 2.75) is 19.8 Å². The number of hydrogen-bond acceptors (Lipinski definition) is 2. The van der Waals surface area contributed by atoms with Crippen LogP contribution in [0.1, 0.15) is 19.8 Å². The standard InChI is InChI=1S/C8H12N2O/c1-2-10(6-5-9)8(11)7-3-4-7/h7H,2-4,6H2,1H3. The molecule has 0 unspecified atom stereocenters. The van der Waals surface area contributed by atoms with Gasteiger partial charge in [0.05, 0.1) is 6.07 Å². The Balaban J connectivity index is 2.40. The van der Waals surface area contributed by atoms with Crippen LogP contribution in [0.25, 0.3) is 0 Å². The monoisotopic (exact) mass is 152 g/mol. The first kappa shape index (κ1) is 8.06. The van der Waals surface area contributed by atoms with E-state index in [1.54, 1.807) is 4.90 Å². The summed E-state index contributed by atoms with van der Waals surface area (Å²) >= 11 is 0. The second kappa shape index (κ2) is 3.38. The summed E-state index contributed by atoms with van der Waals surface area (Å²) in [5.41, 5.74) is 0. The summed E-state index contributed by atoms with van der Waals surface area (Å²) in [5.74, 6) is 0.400. The molecule has 1 aliphatic carbocycles. The van der Waals surface area contributed by atoms with Crippen molar-refractivity contribution >= 4 is 5.91 Å². The Bertz CT molecular complexity index is 191. The molecule has 0 aromatic rings. The Morgan fingerprint density at radius 2 is 2.36 bits per heavy atom. The smallest absolute Gasteiger partial charge is 0.226 e. The van der Waals surface area contributed by atoms with Gasteiger partial charge in [-0.3, -0.25) is 4.79 Å². The Hall–Kier alpha value is -1.04. The number of nitrogens with zero attached hydrogens (tertiary/aromatic N) is 2. The third-order valence-electron chi connectivity index (χ3n) is 1.88. The van der Waals surface area contributed by atoms with Gasteiger partial charge in [0.25, 0.3) is 0 Å². The van der Waals surface area contributed by atoms with Crippen molar-refractivity contribution in [1.82, 2.24) is 4.90 Å². The fourth-order valence-electron chi connectivity index (χ4n) is 1.02. The van der Waals surface area contributed by atoms with Gasteiger partial charge in [0, 0.05) is 12.5 Å². The van der Waals surface area contributed by atoms with E-state index in [2.05, 4.69) is 0 Å². The van der Waals surface area contributed by atoms with Crippen LogP contribution < -0.4 is 0 Å². The third kappa shape index (κ3) is 1.94. The van der Waals surface area contributed by atoms with Gasteiger partial charge in [-0.15, -0.1) is 0 Å². The minimum Gasteiger partial charge on any atom is -0.329 e. The summed E-state index contributed by atoms with van der Waals surface area (Å²) < 4.78 is 0. The first-order valence-corrected chi connectivity index (χ1v) is 3.95. The molecule has 1 rings (SSSR count). The molecule has 0 atom stereocenters. The van der Waals surface area contributed by atoms with Crippen molar-refractivity contribution < 1.29 is 4.79 Å². The van der Waals surface area contributed by atoms with Gasteiger partial charge in [-0.05, 0) is 19.8 Å². The number of hydrogen-bond donors (Lipinski definition) is 0. The second-order valence-corrected chi connectivity index (χ2v) is 2.78. The first-order valence-electron chi connectivity index (χ1n) is 3.95. The largest absolute Gasteiger partial charge is 0.329 e. The van der Waals surface area contributed by atoms with E-state index in [0.29, 0.717) is 6.54 Å². The molecule has 0 saturated heterocycles. The van der Waals surface area contributed by atoms with E-state index >= 15 is 0 Å². The summed E-state index contributed by atoms with van der Waals surface area (Å²) in [5, 5.41) is 8.37. The van der Waals surface area contributed by atoms with E-state index in [9.17, 15) is 4.79 Å². The zero-order chi connectivity index (χ0) is 8.27. The summed E-state index contributed by atoms with van der Waals surface area (Å²) in [7, 11) is 0. The Labute approximate surface area is 66.6 Å². The molecule has 0 heterocycles. The predicted octanol–water partition coefficient (Wildman–Crippen LogP) is 0.768. The van der Waals surface area contributed by atoms with E-state index in [-0.39, 0.29) is 18.4 Å².